The van der Waals surface area contributed by atoms with Crippen molar-refractivity contribution in [2.75, 3.05) is 23.8 Å². The summed E-state index contributed by atoms with van der Waals surface area (Å²) in [5.41, 5.74) is 2.19. The third-order valence-corrected chi connectivity index (χ3v) is 5.38. The van der Waals surface area contributed by atoms with E-state index in [-0.39, 0.29) is 30.3 Å². The number of aromatic hydroxyl groups is 1. The van der Waals surface area contributed by atoms with Crippen molar-refractivity contribution < 1.29 is 19.4 Å². The molecular formula is C25H26N4O4. The van der Waals surface area contributed by atoms with E-state index in [0.29, 0.717) is 35.7 Å². The first-order valence-corrected chi connectivity index (χ1v) is 10.8. The van der Waals surface area contributed by atoms with Gasteiger partial charge in [-0.25, -0.2) is 4.79 Å². The monoisotopic (exact) mass is 446 g/mol. The number of phenolic OH excluding ortho intramolecular Hbond substituents is 1. The summed E-state index contributed by atoms with van der Waals surface area (Å²) in [5, 5.41) is 15.9. The summed E-state index contributed by atoms with van der Waals surface area (Å²) in [6, 6.07) is 17.0. The lowest BCUT2D eigenvalue weighted by atomic mass is 10.1. The SMILES string of the molecule is O=C(Nc1cccc(NC(=O)N(Cc2ccccc2O)C[C@H]2CCCO2)c1)c1cccnc1. The highest BCUT2D eigenvalue weighted by Crippen LogP contribution is 2.22. The van der Waals surface area contributed by atoms with Crippen LogP contribution in [0, 0.1) is 0 Å². The lowest BCUT2D eigenvalue weighted by molar-refractivity contribution is 0.0817. The minimum absolute atomic E-state index is 0.0355. The molecule has 0 unspecified atom stereocenters. The van der Waals surface area contributed by atoms with Crippen molar-refractivity contribution in [1.29, 1.82) is 0 Å². The number of carbonyl (C=O) groups excluding carboxylic acids is 2. The number of para-hydroxylation sites is 1. The zero-order valence-electron chi connectivity index (χ0n) is 18.1. The number of pyridine rings is 1. The number of amides is 3. The number of anilines is 2. The number of phenols is 1. The van der Waals surface area contributed by atoms with E-state index >= 15 is 0 Å². The van der Waals surface area contributed by atoms with E-state index in [4.69, 9.17) is 4.74 Å². The van der Waals surface area contributed by atoms with Crippen molar-refractivity contribution in [2.24, 2.45) is 0 Å². The normalized spacial score (nSPS) is 15.1. The average Bonchev–Trinajstić information content (AvgIpc) is 3.34. The van der Waals surface area contributed by atoms with Crippen molar-refractivity contribution in [3.05, 3.63) is 84.2 Å². The number of hydrogen-bond donors (Lipinski definition) is 3. The molecular weight excluding hydrogens is 420 g/mol. The molecule has 1 aliphatic heterocycles. The van der Waals surface area contributed by atoms with Crippen LogP contribution in [0.4, 0.5) is 16.2 Å². The average molecular weight is 447 g/mol. The van der Waals surface area contributed by atoms with Crippen LogP contribution < -0.4 is 10.6 Å². The van der Waals surface area contributed by atoms with E-state index in [0.717, 1.165) is 12.8 Å². The number of nitrogens with zero attached hydrogens (tertiary/aromatic N) is 2. The summed E-state index contributed by atoms with van der Waals surface area (Å²) in [6.45, 7) is 1.35. The number of aromatic nitrogens is 1. The van der Waals surface area contributed by atoms with Gasteiger partial charge in [0.05, 0.1) is 18.2 Å². The summed E-state index contributed by atoms with van der Waals surface area (Å²) >= 11 is 0. The van der Waals surface area contributed by atoms with Crippen molar-refractivity contribution in [3.63, 3.8) is 0 Å². The number of ether oxygens (including phenoxy) is 1. The number of carbonyl (C=O) groups is 2. The Morgan fingerprint density at radius 1 is 1.06 bits per heavy atom. The van der Waals surface area contributed by atoms with Gasteiger partial charge in [0.2, 0.25) is 0 Å². The Morgan fingerprint density at radius 2 is 1.88 bits per heavy atom. The van der Waals surface area contributed by atoms with Gasteiger partial charge in [-0.2, -0.15) is 0 Å². The van der Waals surface area contributed by atoms with Crippen molar-refractivity contribution in [3.8, 4) is 5.75 Å². The molecule has 2 aromatic carbocycles. The molecule has 1 atom stereocenters. The Kier molecular flexibility index (Phi) is 7.16. The predicted molar refractivity (Wildman–Crippen MR) is 125 cm³/mol. The molecule has 170 valence electrons. The summed E-state index contributed by atoms with van der Waals surface area (Å²) in [6.07, 6.45) is 4.91. The van der Waals surface area contributed by atoms with Crippen molar-refractivity contribution in [1.82, 2.24) is 9.88 Å². The Labute approximate surface area is 192 Å². The van der Waals surface area contributed by atoms with Gasteiger partial charge >= 0.3 is 6.03 Å². The molecule has 4 rings (SSSR count). The second kappa shape index (κ2) is 10.6. The van der Waals surface area contributed by atoms with E-state index in [2.05, 4.69) is 15.6 Å². The van der Waals surface area contributed by atoms with E-state index < -0.39 is 0 Å². The highest BCUT2D eigenvalue weighted by molar-refractivity contribution is 6.04. The van der Waals surface area contributed by atoms with Gasteiger partial charge < -0.3 is 25.4 Å². The molecule has 8 nitrogen and oxygen atoms in total. The zero-order chi connectivity index (χ0) is 23.0. The van der Waals surface area contributed by atoms with Crippen LogP contribution >= 0.6 is 0 Å². The highest BCUT2D eigenvalue weighted by Gasteiger charge is 2.23. The zero-order valence-corrected chi connectivity index (χ0v) is 18.1. The maximum atomic E-state index is 13.2. The molecule has 8 heteroatoms. The molecule has 1 saturated heterocycles. The largest absolute Gasteiger partial charge is 0.508 e. The van der Waals surface area contributed by atoms with Crippen LogP contribution in [-0.4, -0.2) is 46.2 Å². The van der Waals surface area contributed by atoms with Crippen LogP contribution in [0.2, 0.25) is 0 Å². The Balaban J connectivity index is 1.46. The lowest BCUT2D eigenvalue weighted by Crippen LogP contribution is -2.39. The van der Waals surface area contributed by atoms with Gasteiger partial charge in [-0.1, -0.05) is 24.3 Å². The fourth-order valence-electron chi connectivity index (χ4n) is 3.68. The maximum absolute atomic E-state index is 13.2. The molecule has 1 aliphatic rings. The third-order valence-electron chi connectivity index (χ3n) is 5.38. The number of rotatable bonds is 7. The fraction of sp³-hybridized carbons (Fsp3) is 0.240. The molecule has 33 heavy (non-hydrogen) atoms. The number of urea groups is 1. The molecule has 0 saturated carbocycles. The smallest absolute Gasteiger partial charge is 0.322 e. The second-order valence-corrected chi connectivity index (χ2v) is 7.85. The highest BCUT2D eigenvalue weighted by atomic mass is 16.5. The molecule has 1 fully saturated rings. The molecule has 3 amide bonds. The standard InChI is InChI=1S/C25H26N4O4/c30-23-11-2-1-6-19(23)16-29(17-22-10-5-13-33-22)25(32)28-21-9-3-8-20(14-21)27-24(31)18-7-4-12-26-15-18/h1-4,6-9,11-12,14-15,22,30H,5,10,13,16-17H2,(H,27,31)(H,28,32)/t22-/m1/s1. The predicted octanol–water partition coefficient (Wildman–Crippen LogP) is 4.25. The lowest BCUT2D eigenvalue weighted by Gasteiger charge is -2.26. The first-order chi connectivity index (χ1) is 16.1. The first-order valence-electron chi connectivity index (χ1n) is 10.8. The molecule has 0 aliphatic carbocycles. The van der Waals surface area contributed by atoms with Gasteiger partial charge in [0, 0.05) is 42.5 Å². The third kappa shape index (κ3) is 6.08. The van der Waals surface area contributed by atoms with Gasteiger partial charge in [0.1, 0.15) is 5.75 Å². The molecule has 0 spiro atoms. The van der Waals surface area contributed by atoms with Crippen LogP contribution in [0.3, 0.4) is 0 Å². The van der Waals surface area contributed by atoms with Crippen LogP contribution in [0.25, 0.3) is 0 Å². The molecule has 0 radical (unpaired) electrons. The fourth-order valence-corrected chi connectivity index (χ4v) is 3.68. The quantitative estimate of drug-likeness (QED) is 0.503. The summed E-state index contributed by atoms with van der Waals surface area (Å²) in [4.78, 5) is 31.1. The Bertz CT molecular complexity index is 1100. The summed E-state index contributed by atoms with van der Waals surface area (Å²) in [5.74, 6) is -0.145. The molecule has 3 aromatic rings. The second-order valence-electron chi connectivity index (χ2n) is 7.85. The van der Waals surface area contributed by atoms with Crippen molar-refractivity contribution in [2.45, 2.75) is 25.5 Å². The summed E-state index contributed by atoms with van der Waals surface area (Å²) < 4.78 is 5.72. The van der Waals surface area contributed by atoms with Crippen LogP contribution in [0.5, 0.6) is 5.75 Å². The maximum Gasteiger partial charge on any atom is 0.322 e. The van der Waals surface area contributed by atoms with Crippen LogP contribution in [-0.2, 0) is 11.3 Å². The molecule has 1 aromatic heterocycles. The number of benzene rings is 2. The van der Waals surface area contributed by atoms with Gasteiger partial charge in [-0.3, -0.25) is 9.78 Å². The van der Waals surface area contributed by atoms with E-state index in [1.807, 2.05) is 6.07 Å². The van der Waals surface area contributed by atoms with Gasteiger partial charge in [-0.05, 0) is 49.2 Å². The topological polar surface area (TPSA) is 104 Å². The van der Waals surface area contributed by atoms with Gasteiger partial charge in [-0.15, -0.1) is 0 Å². The van der Waals surface area contributed by atoms with Crippen LogP contribution in [0.15, 0.2) is 73.1 Å². The molecule has 2 heterocycles. The van der Waals surface area contributed by atoms with Gasteiger partial charge in [0.15, 0.2) is 0 Å². The Hall–Kier alpha value is -3.91. The molecule has 3 N–H and O–H groups in total. The Morgan fingerprint density at radius 3 is 2.61 bits per heavy atom. The van der Waals surface area contributed by atoms with E-state index in [1.54, 1.807) is 65.7 Å². The van der Waals surface area contributed by atoms with Crippen LogP contribution in [0.1, 0.15) is 28.8 Å². The number of nitrogens with one attached hydrogen (secondary N) is 2. The first kappa shape index (κ1) is 22.3. The van der Waals surface area contributed by atoms with E-state index in [1.165, 1.54) is 6.20 Å². The number of hydrogen-bond acceptors (Lipinski definition) is 5. The minimum Gasteiger partial charge on any atom is -0.508 e. The molecule has 0 bridgehead atoms. The van der Waals surface area contributed by atoms with Gasteiger partial charge in [0.25, 0.3) is 5.91 Å². The minimum atomic E-state index is -0.315. The summed E-state index contributed by atoms with van der Waals surface area (Å²) in [7, 11) is 0. The van der Waals surface area contributed by atoms with E-state index in [9.17, 15) is 14.7 Å². The van der Waals surface area contributed by atoms with Crippen molar-refractivity contribution >= 4 is 23.3 Å².